The Morgan fingerprint density at radius 3 is 2.12 bits per heavy atom. The minimum absolute atomic E-state index is 0.132. The van der Waals surface area contributed by atoms with E-state index in [2.05, 4.69) is 9.62 Å². The summed E-state index contributed by atoms with van der Waals surface area (Å²) in [5.41, 5.74) is 1.05. The molecule has 0 saturated carbocycles. The van der Waals surface area contributed by atoms with Crippen molar-refractivity contribution in [2.45, 2.75) is 18.2 Å². The van der Waals surface area contributed by atoms with Gasteiger partial charge in [0.1, 0.15) is 0 Å². The molecule has 1 aromatic rings. The molecule has 1 saturated heterocycles. The molecule has 1 aliphatic rings. The van der Waals surface area contributed by atoms with Crippen LogP contribution in [0.3, 0.4) is 0 Å². The summed E-state index contributed by atoms with van der Waals surface area (Å²) in [5.74, 6) is -0.233. The summed E-state index contributed by atoms with van der Waals surface area (Å²) >= 11 is 0. The quantitative estimate of drug-likeness (QED) is 0.731. The predicted octanol–water partition coefficient (Wildman–Crippen LogP) is 0.105. The van der Waals surface area contributed by atoms with E-state index in [-0.39, 0.29) is 17.2 Å². The molecule has 1 fully saturated rings. The summed E-state index contributed by atoms with van der Waals surface area (Å²) in [7, 11) is -5.18. The van der Waals surface area contributed by atoms with Crippen LogP contribution in [0.1, 0.15) is 12.5 Å². The van der Waals surface area contributed by atoms with E-state index in [0.717, 1.165) is 12.0 Å². The third-order valence-corrected chi connectivity index (χ3v) is 7.50. The largest absolute Gasteiger partial charge is 0.304 e. The molecule has 9 heteroatoms. The molecular weight excluding hydrogens is 350 g/mol. The average molecular weight is 376 g/mol. The van der Waals surface area contributed by atoms with Crippen LogP contribution in [0.15, 0.2) is 29.2 Å². The van der Waals surface area contributed by atoms with Crippen molar-refractivity contribution in [1.29, 1.82) is 0 Å². The third kappa shape index (κ3) is 5.00. The molecule has 0 radical (unpaired) electrons. The summed E-state index contributed by atoms with van der Waals surface area (Å²) in [5, 5.41) is 0. The van der Waals surface area contributed by atoms with E-state index < -0.39 is 20.0 Å². The van der Waals surface area contributed by atoms with Gasteiger partial charge in [-0.3, -0.25) is 0 Å². The van der Waals surface area contributed by atoms with Crippen LogP contribution in [-0.4, -0.2) is 71.6 Å². The monoisotopic (exact) mass is 375 g/mol. The van der Waals surface area contributed by atoms with Gasteiger partial charge in [-0.15, -0.1) is 0 Å². The summed E-state index contributed by atoms with van der Waals surface area (Å²) in [4.78, 5) is 2.21. The van der Waals surface area contributed by atoms with Crippen LogP contribution in [0.25, 0.3) is 0 Å². The molecule has 24 heavy (non-hydrogen) atoms. The first-order valence-corrected chi connectivity index (χ1v) is 11.1. The predicted molar refractivity (Wildman–Crippen MR) is 93.9 cm³/mol. The van der Waals surface area contributed by atoms with E-state index in [9.17, 15) is 16.8 Å². The van der Waals surface area contributed by atoms with Gasteiger partial charge in [0, 0.05) is 32.7 Å². The fourth-order valence-corrected chi connectivity index (χ4v) is 4.99. The van der Waals surface area contributed by atoms with Crippen LogP contribution in [0.5, 0.6) is 0 Å². The fourth-order valence-electron chi connectivity index (χ4n) is 2.49. The second-order valence-corrected chi connectivity index (χ2v) is 9.77. The first-order chi connectivity index (χ1) is 11.2. The van der Waals surface area contributed by atoms with Gasteiger partial charge < -0.3 is 4.90 Å². The maximum atomic E-state index is 12.3. The zero-order valence-corrected chi connectivity index (χ0v) is 15.7. The SMILES string of the molecule is CCc1ccc(S(=O)(=O)NCCS(=O)(=O)N2CCN(C)CC2)cc1. The van der Waals surface area contributed by atoms with Crippen molar-refractivity contribution in [1.82, 2.24) is 13.9 Å². The lowest BCUT2D eigenvalue weighted by atomic mass is 10.2. The summed E-state index contributed by atoms with van der Waals surface area (Å²) < 4.78 is 52.8. The van der Waals surface area contributed by atoms with Gasteiger partial charge in [0.2, 0.25) is 20.0 Å². The number of likely N-dealkylation sites (N-methyl/N-ethyl adjacent to an activating group) is 1. The minimum atomic E-state index is -3.69. The molecule has 0 unspecified atom stereocenters. The summed E-state index contributed by atoms with van der Waals surface area (Å²) in [6.07, 6.45) is 0.830. The van der Waals surface area contributed by atoms with E-state index in [1.807, 2.05) is 14.0 Å². The van der Waals surface area contributed by atoms with Crippen molar-refractivity contribution in [2.24, 2.45) is 0 Å². The van der Waals surface area contributed by atoms with Gasteiger partial charge in [-0.25, -0.2) is 21.6 Å². The summed E-state index contributed by atoms with van der Waals surface area (Å²) in [6.45, 7) is 4.13. The van der Waals surface area contributed by atoms with Crippen molar-refractivity contribution in [3.05, 3.63) is 29.8 Å². The molecule has 1 N–H and O–H groups in total. The lowest BCUT2D eigenvalue weighted by Gasteiger charge is -2.31. The maximum absolute atomic E-state index is 12.3. The van der Waals surface area contributed by atoms with Crippen LogP contribution in [0.2, 0.25) is 0 Å². The first kappa shape index (κ1) is 19.3. The number of piperazine rings is 1. The van der Waals surface area contributed by atoms with Crippen molar-refractivity contribution < 1.29 is 16.8 Å². The minimum Gasteiger partial charge on any atom is -0.304 e. The molecule has 0 atom stereocenters. The number of aryl methyl sites for hydroxylation is 1. The standard InChI is InChI=1S/C15H25N3O4S2/c1-3-14-4-6-15(7-5-14)24(21,22)16-8-13-23(19,20)18-11-9-17(2)10-12-18/h4-7,16H,3,8-13H2,1-2H3. The molecule has 0 aliphatic carbocycles. The highest BCUT2D eigenvalue weighted by atomic mass is 32.2. The van der Waals surface area contributed by atoms with Gasteiger partial charge in [-0.1, -0.05) is 19.1 Å². The molecule has 1 heterocycles. The zero-order valence-electron chi connectivity index (χ0n) is 14.1. The zero-order chi connectivity index (χ0) is 17.8. The van der Waals surface area contributed by atoms with Gasteiger partial charge >= 0.3 is 0 Å². The Kier molecular flexibility index (Phi) is 6.38. The molecule has 136 valence electrons. The van der Waals surface area contributed by atoms with Crippen molar-refractivity contribution in [2.75, 3.05) is 45.5 Å². The normalized spacial score (nSPS) is 17.9. The van der Waals surface area contributed by atoms with Crippen LogP contribution < -0.4 is 4.72 Å². The highest BCUT2D eigenvalue weighted by molar-refractivity contribution is 7.90. The van der Waals surface area contributed by atoms with Crippen LogP contribution in [0.4, 0.5) is 0 Å². The van der Waals surface area contributed by atoms with Gasteiger partial charge in [-0.2, -0.15) is 4.31 Å². The Labute approximate surface area is 144 Å². The van der Waals surface area contributed by atoms with Gasteiger partial charge in [-0.05, 0) is 31.2 Å². The second-order valence-electron chi connectivity index (χ2n) is 5.91. The van der Waals surface area contributed by atoms with Gasteiger partial charge in [0.05, 0.1) is 10.6 Å². The molecular formula is C15H25N3O4S2. The van der Waals surface area contributed by atoms with Gasteiger partial charge in [0.15, 0.2) is 0 Å². The maximum Gasteiger partial charge on any atom is 0.240 e. The van der Waals surface area contributed by atoms with E-state index in [4.69, 9.17) is 0 Å². The smallest absolute Gasteiger partial charge is 0.240 e. The Balaban J connectivity index is 1.92. The Morgan fingerprint density at radius 1 is 1.00 bits per heavy atom. The number of nitrogens with zero attached hydrogens (tertiary/aromatic N) is 2. The number of benzene rings is 1. The second kappa shape index (κ2) is 7.92. The van der Waals surface area contributed by atoms with Crippen molar-refractivity contribution in [3.63, 3.8) is 0 Å². The molecule has 0 amide bonds. The molecule has 1 aliphatic heterocycles. The van der Waals surface area contributed by atoms with Crippen LogP contribution in [-0.2, 0) is 26.5 Å². The third-order valence-electron chi connectivity index (χ3n) is 4.15. The van der Waals surface area contributed by atoms with Crippen molar-refractivity contribution in [3.8, 4) is 0 Å². The van der Waals surface area contributed by atoms with Crippen LogP contribution >= 0.6 is 0 Å². The molecule has 2 rings (SSSR count). The van der Waals surface area contributed by atoms with E-state index >= 15 is 0 Å². The molecule has 0 aromatic heterocycles. The molecule has 0 spiro atoms. The topological polar surface area (TPSA) is 86.8 Å². The fraction of sp³-hybridized carbons (Fsp3) is 0.600. The molecule has 1 aromatic carbocycles. The van der Waals surface area contributed by atoms with E-state index in [1.54, 1.807) is 12.1 Å². The van der Waals surface area contributed by atoms with Crippen LogP contribution in [0, 0.1) is 0 Å². The number of hydrogen-bond donors (Lipinski definition) is 1. The first-order valence-electron chi connectivity index (χ1n) is 7.99. The Bertz CT molecular complexity index is 737. The highest BCUT2D eigenvalue weighted by Crippen LogP contribution is 2.11. The lowest BCUT2D eigenvalue weighted by Crippen LogP contribution is -2.48. The molecule has 0 bridgehead atoms. The Hall–Kier alpha value is -1.00. The summed E-state index contributed by atoms with van der Waals surface area (Å²) in [6, 6.07) is 6.59. The number of sulfonamides is 2. The average Bonchev–Trinajstić information content (AvgIpc) is 2.55. The number of rotatable bonds is 7. The number of hydrogen-bond acceptors (Lipinski definition) is 5. The highest BCUT2D eigenvalue weighted by Gasteiger charge is 2.26. The number of nitrogens with one attached hydrogen (secondary N) is 1. The molecule has 7 nitrogen and oxygen atoms in total. The van der Waals surface area contributed by atoms with Gasteiger partial charge in [0.25, 0.3) is 0 Å². The van der Waals surface area contributed by atoms with E-state index in [0.29, 0.717) is 26.2 Å². The lowest BCUT2D eigenvalue weighted by molar-refractivity contribution is 0.222. The van der Waals surface area contributed by atoms with Crippen molar-refractivity contribution >= 4 is 20.0 Å². The Morgan fingerprint density at radius 2 is 1.58 bits per heavy atom. The van der Waals surface area contributed by atoms with E-state index in [1.165, 1.54) is 16.4 Å².